The van der Waals surface area contributed by atoms with Crippen LogP contribution in [0.25, 0.3) is 22.5 Å². The number of thioether (sulfide) groups is 1. The molecule has 0 spiro atoms. The first-order valence-electron chi connectivity index (χ1n) is 12.0. The highest BCUT2D eigenvalue weighted by Gasteiger charge is 2.17. The van der Waals surface area contributed by atoms with E-state index in [1.54, 1.807) is 6.21 Å². The van der Waals surface area contributed by atoms with E-state index in [2.05, 4.69) is 77.9 Å². The first-order valence-corrected chi connectivity index (χ1v) is 13.0. The molecule has 4 rings (SSSR count). The smallest absolute Gasteiger partial charge is 0.250 e. The van der Waals surface area contributed by atoms with Gasteiger partial charge in [-0.2, -0.15) is 5.10 Å². The number of nitrogens with one attached hydrogen (secondary N) is 1. The summed E-state index contributed by atoms with van der Waals surface area (Å²) in [7, 11) is 0. The Bertz CT molecular complexity index is 1320. The highest BCUT2D eigenvalue weighted by Crippen LogP contribution is 2.27. The van der Waals surface area contributed by atoms with Crippen molar-refractivity contribution in [2.75, 3.05) is 5.75 Å². The maximum atomic E-state index is 12.4. The van der Waals surface area contributed by atoms with Gasteiger partial charge >= 0.3 is 0 Å². The van der Waals surface area contributed by atoms with Gasteiger partial charge in [0.25, 0.3) is 5.91 Å². The normalized spacial score (nSPS) is 11.7. The van der Waals surface area contributed by atoms with Gasteiger partial charge in [-0.1, -0.05) is 111 Å². The van der Waals surface area contributed by atoms with Gasteiger partial charge in [-0.05, 0) is 34.6 Å². The van der Waals surface area contributed by atoms with Crippen LogP contribution in [0.3, 0.4) is 0 Å². The highest BCUT2D eigenvalue weighted by molar-refractivity contribution is 7.99. The monoisotopic (exact) mass is 497 g/mol. The first-order chi connectivity index (χ1) is 17.3. The molecule has 6 nitrogen and oxygen atoms in total. The zero-order valence-electron chi connectivity index (χ0n) is 21.1. The molecular formula is C29H31N5OS. The zero-order valence-corrected chi connectivity index (χ0v) is 21.9. The molecule has 0 unspecified atom stereocenters. The summed E-state index contributed by atoms with van der Waals surface area (Å²) in [4.78, 5) is 12.4. The number of aromatic nitrogens is 3. The summed E-state index contributed by atoms with van der Waals surface area (Å²) in [5, 5.41) is 13.5. The number of carbonyl (C=O) groups is 1. The predicted molar refractivity (Wildman–Crippen MR) is 148 cm³/mol. The average Bonchev–Trinajstić information content (AvgIpc) is 3.31. The van der Waals surface area contributed by atoms with Crippen LogP contribution < -0.4 is 5.43 Å². The number of amides is 1. The summed E-state index contributed by atoms with van der Waals surface area (Å²) in [5.41, 5.74) is 8.19. The van der Waals surface area contributed by atoms with Crippen LogP contribution >= 0.6 is 11.8 Å². The zero-order chi connectivity index (χ0) is 25.5. The molecule has 0 saturated heterocycles. The van der Waals surface area contributed by atoms with Gasteiger partial charge in [0, 0.05) is 12.1 Å². The highest BCUT2D eigenvalue weighted by atomic mass is 32.2. The Hall–Kier alpha value is -3.71. The van der Waals surface area contributed by atoms with E-state index < -0.39 is 0 Å². The number of nitrogens with zero attached hydrogens (tertiary/aromatic N) is 4. The van der Waals surface area contributed by atoms with Crippen molar-refractivity contribution in [1.82, 2.24) is 20.2 Å². The van der Waals surface area contributed by atoms with Crippen molar-refractivity contribution >= 4 is 23.9 Å². The SMILES string of the molecule is CCn1c(SCC(=O)N/N=C/c2ccc(-c3ccccc3)cc2)nnc1-c1ccc(C(C)(C)C)cc1. The number of benzene rings is 3. The molecule has 0 aliphatic heterocycles. The Kier molecular flexibility index (Phi) is 8.00. The van der Waals surface area contributed by atoms with Crippen LogP contribution in [0, 0.1) is 0 Å². The maximum absolute atomic E-state index is 12.4. The minimum absolute atomic E-state index is 0.0967. The lowest BCUT2D eigenvalue weighted by Crippen LogP contribution is -2.20. The van der Waals surface area contributed by atoms with Crippen LogP contribution in [0.2, 0.25) is 0 Å². The largest absolute Gasteiger partial charge is 0.302 e. The maximum Gasteiger partial charge on any atom is 0.250 e. The summed E-state index contributed by atoms with van der Waals surface area (Å²) in [6.45, 7) is 9.35. The van der Waals surface area contributed by atoms with Crippen LogP contribution in [-0.2, 0) is 16.8 Å². The van der Waals surface area contributed by atoms with Gasteiger partial charge < -0.3 is 4.57 Å². The second-order valence-corrected chi connectivity index (χ2v) is 10.4. The fourth-order valence-electron chi connectivity index (χ4n) is 3.75. The van der Waals surface area contributed by atoms with Crippen molar-refractivity contribution in [3.05, 3.63) is 90.0 Å². The molecule has 1 amide bonds. The number of hydrogen-bond acceptors (Lipinski definition) is 5. The third kappa shape index (κ3) is 6.29. The van der Waals surface area contributed by atoms with Crippen LogP contribution in [-0.4, -0.2) is 32.6 Å². The second-order valence-electron chi connectivity index (χ2n) is 9.45. The molecule has 0 atom stereocenters. The van der Waals surface area contributed by atoms with Crippen molar-refractivity contribution in [2.45, 2.75) is 44.8 Å². The predicted octanol–water partition coefficient (Wildman–Crippen LogP) is 6.17. The number of carbonyl (C=O) groups excluding carboxylic acids is 1. The summed E-state index contributed by atoms with van der Waals surface area (Å²) in [6.07, 6.45) is 1.64. The van der Waals surface area contributed by atoms with E-state index in [1.165, 1.54) is 17.3 Å². The molecule has 0 radical (unpaired) electrons. The lowest BCUT2D eigenvalue weighted by atomic mass is 9.87. The molecule has 0 bridgehead atoms. The van der Waals surface area contributed by atoms with Gasteiger partial charge in [0.2, 0.25) is 0 Å². The molecule has 0 fully saturated rings. The number of hydrazone groups is 1. The van der Waals surface area contributed by atoms with Crippen molar-refractivity contribution in [3.63, 3.8) is 0 Å². The van der Waals surface area contributed by atoms with E-state index in [4.69, 9.17) is 0 Å². The molecule has 0 saturated carbocycles. The van der Waals surface area contributed by atoms with Crippen LogP contribution in [0.5, 0.6) is 0 Å². The average molecular weight is 498 g/mol. The van der Waals surface area contributed by atoms with E-state index in [-0.39, 0.29) is 17.1 Å². The molecule has 1 aromatic heterocycles. The van der Waals surface area contributed by atoms with E-state index in [0.717, 1.165) is 28.1 Å². The Morgan fingerprint density at radius 3 is 2.19 bits per heavy atom. The van der Waals surface area contributed by atoms with Gasteiger partial charge in [0.15, 0.2) is 11.0 Å². The molecule has 7 heteroatoms. The van der Waals surface area contributed by atoms with Crippen molar-refractivity contribution < 1.29 is 4.79 Å². The lowest BCUT2D eigenvalue weighted by molar-refractivity contribution is -0.118. The molecule has 184 valence electrons. The van der Waals surface area contributed by atoms with Crippen LogP contribution in [0.15, 0.2) is 89.1 Å². The summed E-state index contributed by atoms with van der Waals surface area (Å²) < 4.78 is 2.03. The fourth-order valence-corrected chi connectivity index (χ4v) is 4.54. The van der Waals surface area contributed by atoms with Gasteiger partial charge in [0.05, 0.1) is 12.0 Å². The third-order valence-electron chi connectivity index (χ3n) is 5.80. The lowest BCUT2D eigenvalue weighted by Gasteiger charge is -2.19. The second kappa shape index (κ2) is 11.4. The summed E-state index contributed by atoms with van der Waals surface area (Å²) in [5.74, 6) is 0.808. The third-order valence-corrected chi connectivity index (χ3v) is 6.76. The quantitative estimate of drug-likeness (QED) is 0.179. The van der Waals surface area contributed by atoms with Crippen molar-refractivity contribution in [1.29, 1.82) is 0 Å². The summed E-state index contributed by atoms with van der Waals surface area (Å²) >= 11 is 1.35. The molecule has 36 heavy (non-hydrogen) atoms. The van der Waals surface area contributed by atoms with Gasteiger partial charge in [0.1, 0.15) is 0 Å². The van der Waals surface area contributed by atoms with Crippen LogP contribution in [0.4, 0.5) is 0 Å². The molecule has 1 N–H and O–H groups in total. The Labute approximate surface area is 216 Å². The standard InChI is InChI=1S/C29H31N5OS/c1-5-34-27(24-15-17-25(18-16-24)29(2,3)4)32-33-28(34)36-20-26(35)31-30-19-21-11-13-23(14-12-21)22-9-7-6-8-10-22/h6-19H,5,20H2,1-4H3,(H,31,35)/b30-19+. The first kappa shape index (κ1) is 25.4. The van der Waals surface area contributed by atoms with Gasteiger partial charge in [-0.25, -0.2) is 5.43 Å². The molecule has 4 aromatic rings. The minimum Gasteiger partial charge on any atom is -0.302 e. The minimum atomic E-state index is -0.195. The Morgan fingerprint density at radius 2 is 1.56 bits per heavy atom. The van der Waals surface area contributed by atoms with E-state index in [9.17, 15) is 4.79 Å². The van der Waals surface area contributed by atoms with Crippen LogP contribution in [0.1, 0.15) is 38.8 Å². The molecular weight excluding hydrogens is 466 g/mol. The number of rotatable bonds is 8. The fraction of sp³-hybridized carbons (Fsp3) is 0.241. The Balaban J connectivity index is 1.33. The topological polar surface area (TPSA) is 72.2 Å². The number of hydrogen-bond donors (Lipinski definition) is 1. The molecule has 0 aliphatic carbocycles. The van der Waals surface area contributed by atoms with Gasteiger partial charge in [-0.15, -0.1) is 10.2 Å². The van der Waals surface area contributed by atoms with Crippen molar-refractivity contribution in [2.24, 2.45) is 5.10 Å². The van der Waals surface area contributed by atoms with E-state index in [0.29, 0.717) is 11.7 Å². The molecule has 1 heterocycles. The van der Waals surface area contributed by atoms with Crippen molar-refractivity contribution in [3.8, 4) is 22.5 Å². The molecule has 0 aliphatic rings. The van der Waals surface area contributed by atoms with E-state index in [1.807, 2.05) is 54.0 Å². The summed E-state index contributed by atoms with van der Waals surface area (Å²) in [6, 6.07) is 26.7. The van der Waals surface area contributed by atoms with E-state index >= 15 is 0 Å². The molecule has 3 aromatic carbocycles. The van der Waals surface area contributed by atoms with Gasteiger partial charge in [-0.3, -0.25) is 4.79 Å². The Morgan fingerprint density at radius 1 is 0.917 bits per heavy atom.